The number of phenolic OH excluding ortho intramolecular Hbond substituents is 1. The fourth-order valence-electron chi connectivity index (χ4n) is 2.53. The molecule has 3 rings (SSSR count). The average molecular weight is 314 g/mol. The molecule has 0 radical (unpaired) electrons. The Bertz CT molecular complexity index is 795. The number of hydrogen-bond donors (Lipinski definition) is 2. The number of hydrogen-bond acceptors (Lipinski definition) is 3. The molecule has 2 aromatic carbocycles. The molecule has 118 valence electrons. The summed E-state index contributed by atoms with van der Waals surface area (Å²) in [5.41, 5.74) is 1.72. The maximum atomic E-state index is 13.0. The van der Waals surface area contributed by atoms with Crippen LogP contribution in [0.25, 0.3) is 6.08 Å². The summed E-state index contributed by atoms with van der Waals surface area (Å²) >= 11 is 0. The van der Waals surface area contributed by atoms with Gasteiger partial charge in [0.15, 0.2) is 11.5 Å². The van der Waals surface area contributed by atoms with Crippen molar-refractivity contribution in [2.45, 2.75) is 6.54 Å². The summed E-state index contributed by atoms with van der Waals surface area (Å²) in [5, 5.41) is 10.1. The molecule has 0 fully saturated rings. The number of halogens is 1. The lowest BCUT2D eigenvalue weighted by Gasteiger charge is -2.11. The Labute approximate surface area is 133 Å². The van der Waals surface area contributed by atoms with E-state index in [1.807, 2.05) is 14.1 Å². The number of fused-ring (bicyclic) bond motifs is 1. The molecule has 2 N–H and O–H groups in total. The van der Waals surface area contributed by atoms with Crippen molar-refractivity contribution < 1.29 is 23.9 Å². The summed E-state index contributed by atoms with van der Waals surface area (Å²) < 4.78 is 18.7. The molecule has 0 aliphatic carbocycles. The third kappa shape index (κ3) is 2.96. The number of quaternary nitrogens is 1. The minimum atomic E-state index is -0.338. The third-order valence-electron chi connectivity index (χ3n) is 3.61. The molecule has 0 aromatic heterocycles. The highest BCUT2D eigenvalue weighted by atomic mass is 19.1. The normalized spacial score (nSPS) is 15.1. The van der Waals surface area contributed by atoms with Gasteiger partial charge in [0.05, 0.1) is 25.2 Å². The van der Waals surface area contributed by atoms with Gasteiger partial charge in [-0.3, -0.25) is 4.79 Å². The van der Waals surface area contributed by atoms with E-state index in [1.54, 1.807) is 24.3 Å². The molecule has 5 heteroatoms. The maximum Gasteiger partial charge on any atom is 0.231 e. The zero-order chi connectivity index (χ0) is 16.6. The minimum absolute atomic E-state index is 0.112. The topological polar surface area (TPSA) is 51.0 Å². The molecule has 0 amide bonds. The number of carbonyl (C=O) groups is 1. The van der Waals surface area contributed by atoms with E-state index >= 15 is 0 Å². The van der Waals surface area contributed by atoms with E-state index in [9.17, 15) is 14.3 Å². The van der Waals surface area contributed by atoms with Crippen LogP contribution in [0.4, 0.5) is 4.39 Å². The highest BCUT2D eigenvalue weighted by molar-refractivity contribution is 6.14. The number of ether oxygens (including phenoxy) is 1. The summed E-state index contributed by atoms with van der Waals surface area (Å²) in [4.78, 5) is 13.6. The molecular formula is C18H17FNO3+. The van der Waals surface area contributed by atoms with Crippen molar-refractivity contribution in [3.63, 3.8) is 0 Å². The predicted octanol–water partition coefficient (Wildman–Crippen LogP) is 1.79. The monoisotopic (exact) mass is 314 g/mol. The first-order valence-corrected chi connectivity index (χ1v) is 7.29. The number of Topliss-reactive ketones (excluding diaryl/α,β-unsaturated/α-hetero) is 1. The van der Waals surface area contributed by atoms with Gasteiger partial charge in [0.1, 0.15) is 18.1 Å². The average Bonchev–Trinajstić information content (AvgIpc) is 2.81. The van der Waals surface area contributed by atoms with E-state index in [4.69, 9.17) is 4.74 Å². The zero-order valence-corrected chi connectivity index (χ0v) is 12.9. The SMILES string of the molecule is C[NH+](C)Cc1c(O)ccc2c1O/C(=C\c1ccc(F)cc1)C2=O. The van der Waals surface area contributed by atoms with Crippen LogP contribution in [0.3, 0.4) is 0 Å². The minimum Gasteiger partial charge on any atom is -0.507 e. The van der Waals surface area contributed by atoms with Crippen molar-refractivity contribution in [3.05, 3.63) is 64.7 Å². The molecule has 2 aromatic rings. The van der Waals surface area contributed by atoms with Gasteiger partial charge in [-0.05, 0) is 35.9 Å². The second kappa shape index (κ2) is 5.85. The van der Waals surface area contributed by atoms with Crippen LogP contribution in [-0.4, -0.2) is 25.0 Å². The van der Waals surface area contributed by atoms with E-state index < -0.39 is 0 Å². The van der Waals surface area contributed by atoms with Crippen LogP contribution in [0.15, 0.2) is 42.2 Å². The highest BCUT2D eigenvalue weighted by Crippen LogP contribution is 2.39. The van der Waals surface area contributed by atoms with Crippen molar-refractivity contribution >= 4 is 11.9 Å². The molecule has 0 saturated carbocycles. The van der Waals surface area contributed by atoms with Gasteiger partial charge < -0.3 is 14.7 Å². The number of allylic oxidation sites excluding steroid dienone is 1. The predicted molar refractivity (Wildman–Crippen MR) is 84.0 cm³/mol. The van der Waals surface area contributed by atoms with E-state index in [-0.39, 0.29) is 23.1 Å². The van der Waals surface area contributed by atoms with Crippen molar-refractivity contribution in [2.75, 3.05) is 14.1 Å². The molecule has 0 saturated heterocycles. The summed E-state index contributed by atoms with van der Waals surface area (Å²) in [6, 6.07) is 8.87. The highest BCUT2D eigenvalue weighted by Gasteiger charge is 2.31. The van der Waals surface area contributed by atoms with Crippen LogP contribution in [0.2, 0.25) is 0 Å². The van der Waals surface area contributed by atoms with E-state index in [0.717, 1.165) is 4.90 Å². The van der Waals surface area contributed by atoms with Crippen LogP contribution in [0.5, 0.6) is 11.5 Å². The van der Waals surface area contributed by atoms with Gasteiger partial charge in [-0.1, -0.05) is 12.1 Å². The molecule has 23 heavy (non-hydrogen) atoms. The van der Waals surface area contributed by atoms with Gasteiger partial charge in [0.2, 0.25) is 5.78 Å². The van der Waals surface area contributed by atoms with Crippen molar-refractivity contribution in [2.24, 2.45) is 0 Å². The first kappa shape index (κ1) is 15.2. The number of carbonyl (C=O) groups excluding carboxylic acids is 1. The number of ketones is 1. The van der Waals surface area contributed by atoms with Crippen LogP contribution < -0.4 is 9.64 Å². The lowest BCUT2D eigenvalue weighted by Crippen LogP contribution is -3.04. The van der Waals surface area contributed by atoms with Crippen molar-refractivity contribution in [1.29, 1.82) is 0 Å². The molecule has 1 aliphatic heterocycles. The fourth-order valence-corrected chi connectivity index (χ4v) is 2.53. The van der Waals surface area contributed by atoms with Gasteiger partial charge in [0, 0.05) is 0 Å². The molecule has 0 atom stereocenters. The Hall–Kier alpha value is -2.66. The summed E-state index contributed by atoms with van der Waals surface area (Å²) in [5.74, 6) is 0.118. The second-order valence-corrected chi connectivity index (χ2v) is 5.82. The molecule has 1 heterocycles. The summed E-state index contributed by atoms with van der Waals surface area (Å²) in [7, 11) is 3.90. The Morgan fingerprint density at radius 3 is 2.52 bits per heavy atom. The molecule has 1 aliphatic rings. The van der Waals surface area contributed by atoms with Crippen molar-refractivity contribution in [1.82, 2.24) is 0 Å². The molecule has 4 nitrogen and oxygen atoms in total. The molecule has 0 bridgehead atoms. The van der Waals surface area contributed by atoms with E-state index in [0.29, 0.717) is 29.0 Å². The van der Waals surface area contributed by atoms with E-state index in [1.165, 1.54) is 18.2 Å². The lowest BCUT2D eigenvalue weighted by atomic mass is 10.0. The Balaban J connectivity index is 2.00. The molecule has 0 unspecified atom stereocenters. The number of nitrogens with one attached hydrogen (secondary N) is 1. The van der Waals surface area contributed by atoms with Crippen LogP contribution >= 0.6 is 0 Å². The van der Waals surface area contributed by atoms with Gasteiger partial charge >= 0.3 is 0 Å². The standard InChI is InChI=1S/C18H16FNO3/c1-20(2)10-14-15(21)8-7-13-17(22)16(23-18(13)14)9-11-3-5-12(19)6-4-11/h3-9,21H,10H2,1-2H3/p+1/b16-9-. The first-order chi connectivity index (χ1) is 11.0. The lowest BCUT2D eigenvalue weighted by molar-refractivity contribution is -0.872. The number of aromatic hydroxyl groups is 1. The van der Waals surface area contributed by atoms with Crippen molar-refractivity contribution in [3.8, 4) is 11.5 Å². The van der Waals surface area contributed by atoms with Crippen LogP contribution in [0.1, 0.15) is 21.5 Å². The van der Waals surface area contributed by atoms with Gasteiger partial charge in [-0.25, -0.2) is 4.39 Å². The van der Waals surface area contributed by atoms with Gasteiger partial charge in [-0.2, -0.15) is 0 Å². The summed E-state index contributed by atoms with van der Waals surface area (Å²) in [6.07, 6.45) is 1.57. The Morgan fingerprint density at radius 1 is 1.17 bits per heavy atom. The van der Waals surface area contributed by atoms with Crippen LogP contribution in [-0.2, 0) is 6.54 Å². The quantitative estimate of drug-likeness (QED) is 0.849. The van der Waals surface area contributed by atoms with E-state index in [2.05, 4.69) is 0 Å². The Morgan fingerprint density at radius 2 is 1.87 bits per heavy atom. The smallest absolute Gasteiger partial charge is 0.231 e. The number of rotatable bonds is 3. The van der Waals surface area contributed by atoms with Gasteiger partial charge in [-0.15, -0.1) is 0 Å². The third-order valence-corrected chi connectivity index (χ3v) is 3.61. The Kier molecular flexibility index (Phi) is 3.88. The number of benzene rings is 2. The molecule has 0 spiro atoms. The first-order valence-electron chi connectivity index (χ1n) is 7.29. The largest absolute Gasteiger partial charge is 0.507 e. The molecular weight excluding hydrogens is 297 g/mol. The fraction of sp³-hybridized carbons (Fsp3) is 0.167. The zero-order valence-electron chi connectivity index (χ0n) is 12.9. The second-order valence-electron chi connectivity index (χ2n) is 5.82. The van der Waals surface area contributed by atoms with Crippen LogP contribution in [0, 0.1) is 5.82 Å². The van der Waals surface area contributed by atoms with Gasteiger partial charge in [0.25, 0.3) is 0 Å². The maximum absolute atomic E-state index is 13.0. The number of phenols is 1. The summed E-state index contributed by atoms with van der Waals surface area (Å²) in [6.45, 7) is 0.534.